The maximum Gasteiger partial charge on any atom is 0.319 e. The predicted octanol–water partition coefficient (Wildman–Crippen LogP) is 0.921. The first-order valence-electron chi connectivity index (χ1n) is 5.41. The summed E-state index contributed by atoms with van der Waals surface area (Å²) in [6, 6.07) is 0. The number of nitrogens with zero attached hydrogens (tertiary/aromatic N) is 4. The van der Waals surface area contributed by atoms with Crippen molar-refractivity contribution in [1.82, 2.24) is 20.0 Å². The minimum Gasteiger partial charge on any atom is -0.317 e. The van der Waals surface area contributed by atoms with Crippen LogP contribution in [0.15, 0.2) is 6.20 Å². The number of anilines is 1. The number of aromatic amines is 1. The van der Waals surface area contributed by atoms with E-state index in [2.05, 4.69) is 20.6 Å². The van der Waals surface area contributed by atoms with Gasteiger partial charge < -0.3 is 5.32 Å². The molecule has 0 aliphatic rings. The minimum absolute atomic E-state index is 0.187. The number of amides is 1. The van der Waals surface area contributed by atoms with Crippen LogP contribution in [0.3, 0.4) is 0 Å². The van der Waals surface area contributed by atoms with Crippen molar-refractivity contribution in [3.63, 3.8) is 0 Å². The molecule has 2 rings (SSSR count). The number of aromatic nitrogens is 4. The molecule has 2 heterocycles. The van der Waals surface area contributed by atoms with E-state index < -0.39 is 10.8 Å². The fourth-order valence-corrected chi connectivity index (χ4v) is 1.72. The summed E-state index contributed by atoms with van der Waals surface area (Å²) in [5, 5.41) is 23.3. The minimum atomic E-state index is -0.665. The molecule has 0 saturated carbocycles. The number of carbonyl (C=O) groups excluding carboxylic acids is 1. The number of nitro groups is 1. The molecule has 2 N–H and O–H groups in total. The highest BCUT2D eigenvalue weighted by Gasteiger charge is 2.24. The van der Waals surface area contributed by atoms with Crippen LogP contribution in [-0.2, 0) is 7.05 Å². The Morgan fingerprint density at radius 2 is 2.21 bits per heavy atom. The van der Waals surface area contributed by atoms with E-state index in [0.717, 1.165) is 11.9 Å². The smallest absolute Gasteiger partial charge is 0.317 e. The maximum absolute atomic E-state index is 12.0. The van der Waals surface area contributed by atoms with Crippen molar-refractivity contribution in [3.8, 4) is 0 Å². The number of rotatable bonds is 3. The lowest BCUT2D eigenvalue weighted by molar-refractivity contribution is -0.385. The third-order valence-electron chi connectivity index (χ3n) is 2.79. The Balaban J connectivity index is 2.31. The van der Waals surface area contributed by atoms with E-state index in [4.69, 9.17) is 0 Å². The lowest BCUT2D eigenvalue weighted by Crippen LogP contribution is -2.15. The van der Waals surface area contributed by atoms with Gasteiger partial charge in [0.05, 0.1) is 22.0 Å². The molecule has 0 fully saturated rings. The number of nitrogens with one attached hydrogen (secondary N) is 2. The summed E-state index contributed by atoms with van der Waals surface area (Å²) in [5.41, 5.74) is 1.38. The number of carbonyl (C=O) groups is 1. The molecule has 0 saturated heterocycles. The van der Waals surface area contributed by atoms with Crippen molar-refractivity contribution in [2.24, 2.45) is 7.05 Å². The number of H-pyrrole nitrogens is 1. The molecule has 0 radical (unpaired) electrons. The zero-order valence-electron chi connectivity index (χ0n) is 10.6. The average molecular weight is 264 g/mol. The molecule has 19 heavy (non-hydrogen) atoms. The monoisotopic (exact) mass is 264 g/mol. The van der Waals surface area contributed by atoms with Crippen LogP contribution in [0.4, 0.5) is 11.4 Å². The summed E-state index contributed by atoms with van der Waals surface area (Å²) in [4.78, 5) is 22.1. The Kier molecular flexibility index (Phi) is 3.03. The topological polar surface area (TPSA) is 119 Å². The second kappa shape index (κ2) is 4.52. The van der Waals surface area contributed by atoms with E-state index >= 15 is 0 Å². The first-order chi connectivity index (χ1) is 8.91. The fourth-order valence-electron chi connectivity index (χ4n) is 1.72. The molecule has 100 valence electrons. The molecular formula is C10H12N6O3. The molecule has 0 aliphatic carbocycles. The SMILES string of the molecule is Cc1nn(C)c(C)c1NC(=O)c1[nH]ncc1[N+](=O)[O-]. The third-order valence-corrected chi connectivity index (χ3v) is 2.79. The van der Waals surface area contributed by atoms with Gasteiger partial charge >= 0.3 is 5.69 Å². The van der Waals surface area contributed by atoms with E-state index in [1.165, 1.54) is 0 Å². The molecule has 9 nitrogen and oxygen atoms in total. The molecule has 2 aromatic heterocycles. The lowest BCUT2D eigenvalue weighted by atomic mass is 10.3. The van der Waals surface area contributed by atoms with Crippen LogP contribution in [-0.4, -0.2) is 30.8 Å². The molecule has 0 atom stereocenters. The summed E-state index contributed by atoms with van der Waals surface area (Å²) in [7, 11) is 1.75. The van der Waals surface area contributed by atoms with E-state index in [0.29, 0.717) is 11.4 Å². The van der Waals surface area contributed by atoms with Crippen molar-refractivity contribution in [3.05, 3.63) is 33.4 Å². The van der Waals surface area contributed by atoms with Gasteiger partial charge in [-0.05, 0) is 13.8 Å². The van der Waals surface area contributed by atoms with E-state index in [9.17, 15) is 14.9 Å². The summed E-state index contributed by atoms with van der Waals surface area (Å²) in [5.74, 6) is -0.622. The third kappa shape index (κ3) is 2.17. The summed E-state index contributed by atoms with van der Waals surface area (Å²) < 4.78 is 1.62. The highest BCUT2D eigenvalue weighted by molar-refractivity contribution is 6.06. The normalized spacial score (nSPS) is 10.5. The second-order valence-corrected chi connectivity index (χ2v) is 4.01. The van der Waals surface area contributed by atoms with Gasteiger partial charge in [-0.25, -0.2) is 0 Å². The first kappa shape index (κ1) is 12.7. The molecule has 0 aromatic carbocycles. The Bertz CT molecular complexity index is 656. The quantitative estimate of drug-likeness (QED) is 0.631. The Hall–Kier alpha value is -2.71. The van der Waals surface area contributed by atoms with E-state index in [1.807, 2.05) is 0 Å². The number of aryl methyl sites for hydroxylation is 2. The largest absolute Gasteiger partial charge is 0.319 e. The van der Waals surface area contributed by atoms with E-state index in [1.54, 1.807) is 25.6 Å². The highest BCUT2D eigenvalue weighted by atomic mass is 16.6. The molecular weight excluding hydrogens is 252 g/mol. The fraction of sp³-hybridized carbons (Fsp3) is 0.300. The number of hydrogen-bond donors (Lipinski definition) is 2. The summed E-state index contributed by atoms with van der Waals surface area (Å²) in [6.45, 7) is 3.53. The Morgan fingerprint density at radius 1 is 1.53 bits per heavy atom. The number of hydrogen-bond acceptors (Lipinski definition) is 5. The standard InChI is InChI=1S/C10H12N6O3/c1-5-8(6(2)15(3)14-5)12-10(17)9-7(16(18)19)4-11-13-9/h4H,1-3H3,(H,11,13)(H,12,17). The summed E-state index contributed by atoms with van der Waals surface area (Å²) >= 11 is 0. The van der Waals surface area contributed by atoms with Gasteiger partial charge in [0.1, 0.15) is 6.20 Å². The zero-order chi connectivity index (χ0) is 14.2. The molecule has 1 amide bonds. The summed E-state index contributed by atoms with van der Waals surface area (Å²) in [6.07, 6.45) is 0.998. The zero-order valence-corrected chi connectivity index (χ0v) is 10.6. The molecule has 0 aliphatic heterocycles. The maximum atomic E-state index is 12.0. The van der Waals surface area contributed by atoms with Crippen molar-refractivity contribution < 1.29 is 9.72 Å². The van der Waals surface area contributed by atoms with E-state index in [-0.39, 0.29) is 11.4 Å². The van der Waals surface area contributed by atoms with Crippen molar-refractivity contribution >= 4 is 17.3 Å². The van der Waals surface area contributed by atoms with Crippen LogP contribution in [0.2, 0.25) is 0 Å². The van der Waals surface area contributed by atoms with Gasteiger partial charge in [-0.1, -0.05) is 0 Å². The first-order valence-corrected chi connectivity index (χ1v) is 5.41. The van der Waals surface area contributed by atoms with Crippen molar-refractivity contribution in [2.45, 2.75) is 13.8 Å². The van der Waals surface area contributed by atoms with Crippen LogP contribution in [0.25, 0.3) is 0 Å². The molecule has 2 aromatic rings. The van der Waals surface area contributed by atoms with Gasteiger partial charge in [-0.3, -0.25) is 24.7 Å². The van der Waals surface area contributed by atoms with Crippen LogP contribution >= 0.6 is 0 Å². The van der Waals surface area contributed by atoms with Gasteiger partial charge in [0.2, 0.25) is 5.69 Å². The van der Waals surface area contributed by atoms with Crippen molar-refractivity contribution in [1.29, 1.82) is 0 Å². The Labute approximate surface area is 107 Å². The van der Waals surface area contributed by atoms with Gasteiger partial charge in [0.15, 0.2) is 0 Å². The molecule has 0 unspecified atom stereocenters. The lowest BCUT2D eigenvalue weighted by Gasteiger charge is -2.03. The molecule has 0 bridgehead atoms. The van der Waals surface area contributed by atoms with Gasteiger partial charge in [-0.15, -0.1) is 0 Å². The highest BCUT2D eigenvalue weighted by Crippen LogP contribution is 2.21. The predicted molar refractivity (Wildman–Crippen MR) is 65.9 cm³/mol. The van der Waals surface area contributed by atoms with Crippen molar-refractivity contribution in [2.75, 3.05) is 5.32 Å². The average Bonchev–Trinajstić information content (AvgIpc) is 2.90. The Morgan fingerprint density at radius 3 is 2.74 bits per heavy atom. The molecule has 0 spiro atoms. The van der Waals surface area contributed by atoms with Crippen LogP contribution in [0, 0.1) is 24.0 Å². The van der Waals surface area contributed by atoms with Crippen LogP contribution in [0.5, 0.6) is 0 Å². The van der Waals surface area contributed by atoms with Crippen LogP contribution < -0.4 is 5.32 Å². The van der Waals surface area contributed by atoms with Gasteiger partial charge in [-0.2, -0.15) is 10.2 Å². The van der Waals surface area contributed by atoms with Gasteiger partial charge in [0, 0.05) is 7.05 Å². The second-order valence-electron chi connectivity index (χ2n) is 4.01. The van der Waals surface area contributed by atoms with Crippen LogP contribution in [0.1, 0.15) is 21.9 Å². The van der Waals surface area contributed by atoms with Gasteiger partial charge in [0.25, 0.3) is 5.91 Å². The molecule has 9 heteroatoms.